The molecule has 1 N–H and O–H groups in total. The van der Waals surface area contributed by atoms with Crippen molar-refractivity contribution in [2.24, 2.45) is 0 Å². The summed E-state index contributed by atoms with van der Waals surface area (Å²) in [6, 6.07) is 18.9. The number of aliphatic hydroxyl groups is 1. The van der Waals surface area contributed by atoms with Gasteiger partial charge in [-0.25, -0.2) is 4.98 Å². The average molecular weight is 501 g/mol. The van der Waals surface area contributed by atoms with Gasteiger partial charge in [-0.05, 0) is 61.9 Å². The highest BCUT2D eigenvalue weighted by Crippen LogP contribution is 2.44. The summed E-state index contributed by atoms with van der Waals surface area (Å²) in [6.07, 6.45) is 0. The molecule has 1 atom stereocenters. The van der Waals surface area contributed by atoms with Crippen LogP contribution in [0.2, 0.25) is 0 Å². The Balaban J connectivity index is 1.67. The lowest BCUT2D eigenvalue weighted by Gasteiger charge is -2.23. The summed E-state index contributed by atoms with van der Waals surface area (Å²) in [4.78, 5) is 32.8. The maximum Gasteiger partial charge on any atom is 0.301 e. The standard InChI is InChI=1S/C28H24N2O5S/c1-4-35-20-13-14-21-22(15-20)36-28(29-21)30-24(17-7-5-16(2)6-8-17)23(26(32)27(30)33)25(31)18-9-11-19(34-3)12-10-18/h5-15,24,31H,4H2,1-3H3/b25-23+. The van der Waals surface area contributed by atoms with Crippen LogP contribution in [0.15, 0.2) is 72.3 Å². The van der Waals surface area contributed by atoms with Gasteiger partial charge >= 0.3 is 5.91 Å². The van der Waals surface area contributed by atoms with Crippen LogP contribution in [0.1, 0.15) is 29.7 Å². The molecule has 1 aliphatic heterocycles. The Hall–Kier alpha value is -4.17. The van der Waals surface area contributed by atoms with E-state index in [0.717, 1.165) is 10.3 Å². The second-order valence-electron chi connectivity index (χ2n) is 8.37. The summed E-state index contributed by atoms with van der Waals surface area (Å²) in [5.74, 6) is -0.425. The van der Waals surface area contributed by atoms with E-state index < -0.39 is 17.7 Å². The molecule has 8 heteroatoms. The smallest absolute Gasteiger partial charge is 0.301 e. The van der Waals surface area contributed by atoms with E-state index in [1.807, 2.05) is 56.3 Å². The number of carbonyl (C=O) groups excluding carboxylic acids is 2. The van der Waals surface area contributed by atoms with Crippen LogP contribution in [0.5, 0.6) is 11.5 Å². The third-order valence-electron chi connectivity index (χ3n) is 6.07. The van der Waals surface area contributed by atoms with Crippen LogP contribution in [0.3, 0.4) is 0 Å². The predicted molar refractivity (Wildman–Crippen MR) is 140 cm³/mol. The molecule has 36 heavy (non-hydrogen) atoms. The number of ketones is 1. The Morgan fingerprint density at radius 3 is 2.39 bits per heavy atom. The fraction of sp³-hybridized carbons (Fsp3) is 0.179. The van der Waals surface area contributed by atoms with Gasteiger partial charge in [0.2, 0.25) is 0 Å². The van der Waals surface area contributed by atoms with Crippen LogP contribution in [-0.2, 0) is 9.59 Å². The Morgan fingerprint density at radius 2 is 1.72 bits per heavy atom. The number of nitrogens with zero attached hydrogens (tertiary/aromatic N) is 2. The third kappa shape index (κ3) is 4.09. The predicted octanol–water partition coefficient (Wildman–Crippen LogP) is 5.64. The first-order valence-electron chi connectivity index (χ1n) is 11.5. The van der Waals surface area contributed by atoms with Crippen molar-refractivity contribution < 1.29 is 24.2 Å². The molecule has 2 heterocycles. The number of amides is 1. The molecular weight excluding hydrogens is 476 g/mol. The summed E-state index contributed by atoms with van der Waals surface area (Å²) in [5.41, 5.74) is 2.86. The summed E-state index contributed by atoms with van der Waals surface area (Å²) in [6.45, 7) is 4.40. The Labute approximate surface area is 212 Å². The van der Waals surface area contributed by atoms with E-state index in [2.05, 4.69) is 4.98 Å². The topological polar surface area (TPSA) is 89.0 Å². The molecule has 0 aliphatic carbocycles. The van der Waals surface area contributed by atoms with Gasteiger partial charge in [0.1, 0.15) is 17.3 Å². The monoisotopic (exact) mass is 500 g/mol. The molecule has 5 rings (SSSR count). The number of methoxy groups -OCH3 is 1. The molecule has 1 unspecified atom stereocenters. The van der Waals surface area contributed by atoms with Crippen molar-refractivity contribution in [3.63, 3.8) is 0 Å². The zero-order chi connectivity index (χ0) is 25.4. The lowest BCUT2D eigenvalue weighted by atomic mass is 9.95. The maximum absolute atomic E-state index is 13.4. The first kappa shape index (κ1) is 23.6. The van der Waals surface area contributed by atoms with E-state index in [-0.39, 0.29) is 11.3 Å². The minimum atomic E-state index is -0.834. The number of fused-ring (bicyclic) bond motifs is 1. The number of hydrogen-bond acceptors (Lipinski definition) is 7. The van der Waals surface area contributed by atoms with Crippen molar-refractivity contribution in [1.82, 2.24) is 4.98 Å². The summed E-state index contributed by atoms with van der Waals surface area (Å²) in [5, 5.41) is 11.6. The number of Topliss-reactive ketones (excluding diaryl/α,β-unsaturated/α-hetero) is 1. The van der Waals surface area contributed by atoms with Crippen LogP contribution in [0.25, 0.3) is 16.0 Å². The van der Waals surface area contributed by atoms with Gasteiger partial charge in [-0.3, -0.25) is 14.5 Å². The molecular formula is C28H24N2O5S. The van der Waals surface area contributed by atoms with E-state index >= 15 is 0 Å². The molecule has 4 aromatic rings. The minimum Gasteiger partial charge on any atom is -0.507 e. The Morgan fingerprint density at radius 1 is 1.03 bits per heavy atom. The van der Waals surface area contributed by atoms with Gasteiger partial charge in [-0.1, -0.05) is 41.2 Å². The van der Waals surface area contributed by atoms with Gasteiger partial charge in [0, 0.05) is 5.56 Å². The summed E-state index contributed by atoms with van der Waals surface area (Å²) in [7, 11) is 1.55. The van der Waals surface area contributed by atoms with Crippen molar-refractivity contribution in [3.05, 3.63) is 89.0 Å². The highest BCUT2D eigenvalue weighted by Gasteiger charge is 2.48. The van der Waals surface area contributed by atoms with E-state index in [1.165, 1.54) is 16.2 Å². The second kappa shape index (κ2) is 9.47. The Bertz CT molecular complexity index is 1490. The average Bonchev–Trinajstić information content (AvgIpc) is 3.42. The molecule has 1 aromatic heterocycles. The van der Waals surface area contributed by atoms with E-state index in [4.69, 9.17) is 9.47 Å². The normalized spacial score (nSPS) is 17.1. The van der Waals surface area contributed by atoms with E-state index in [9.17, 15) is 14.7 Å². The molecule has 0 radical (unpaired) electrons. The van der Waals surface area contributed by atoms with Crippen LogP contribution in [-0.4, -0.2) is 35.5 Å². The molecule has 1 fully saturated rings. The highest BCUT2D eigenvalue weighted by molar-refractivity contribution is 7.22. The van der Waals surface area contributed by atoms with Gasteiger partial charge in [0.25, 0.3) is 5.78 Å². The third-order valence-corrected chi connectivity index (χ3v) is 7.08. The zero-order valence-electron chi connectivity index (χ0n) is 20.0. The largest absolute Gasteiger partial charge is 0.507 e. The molecule has 0 saturated carbocycles. The Kier molecular flexibility index (Phi) is 6.20. The minimum absolute atomic E-state index is 0.0169. The van der Waals surface area contributed by atoms with Crippen molar-refractivity contribution in [3.8, 4) is 11.5 Å². The lowest BCUT2D eigenvalue weighted by Crippen LogP contribution is -2.29. The van der Waals surface area contributed by atoms with Crippen LogP contribution in [0, 0.1) is 6.92 Å². The van der Waals surface area contributed by atoms with Gasteiger partial charge in [-0.2, -0.15) is 0 Å². The molecule has 0 spiro atoms. The molecule has 182 valence electrons. The lowest BCUT2D eigenvalue weighted by molar-refractivity contribution is -0.132. The number of anilines is 1. The van der Waals surface area contributed by atoms with Gasteiger partial charge in [0.05, 0.1) is 35.5 Å². The number of ether oxygens (including phenoxy) is 2. The first-order valence-corrected chi connectivity index (χ1v) is 12.3. The van der Waals surface area contributed by atoms with Gasteiger partial charge < -0.3 is 14.6 Å². The quantitative estimate of drug-likeness (QED) is 0.209. The van der Waals surface area contributed by atoms with Gasteiger partial charge in [0.15, 0.2) is 5.13 Å². The number of carbonyl (C=O) groups is 2. The van der Waals surface area contributed by atoms with Crippen LogP contribution >= 0.6 is 11.3 Å². The molecule has 7 nitrogen and oxygen atoms in total. The number of rotatable bonds is 6. The number of hydrogen-bond donors (Lipinski definition) is 1. The molecule has 3 aromatic carbocycles. The van der Waals surface area contributed by atoms with Crippen molar-refractivity contribution in [1.29, 1.82) is 0 Å². The number of aromatic nitrogens is 1. The molecule has 1 amide bonds. The second-order valence-corrected chi connectivity index (χ2v) is 9.38. The first-order chi connectivity index (χ1) is 17.4. The molecule has 1 aliphatic rings. The van der Waals surface area contributed by atoms with Crippen LogP contribution in [0.4, 0.5) is 5.13 Å². The number of benzene rings is 3. The summed E-state index contributed by atoms with van der Waals surface area (Å²) >= 11 is 1.30. The summed E-state index contributed by atoms with van der Waals surface area (Å²) < 4.78 is 11.6. The molecule has 1 saturated heterocycles. The zero-order valence-corrected chi connectivity index (χ0v) is 20.8. The fourth-order valence-electron chi connectivity index (χ4n) is 4.25. The SMILES string of the molecule is CCOc1ccc2nc(N3C(=O)C(=O)/C(=C(/O)c4ccc(OC)cc4)C3c3ccc(C)cc3)sc2c1. The fourth-order valence-corrected chi connectivity index (χ4v) is 5.27. The molecule has 0 bridgehead atoms. The van der Waals surface area contributed by atoms with Crippen molar-refractivity contribution >= 4 is 44.1 Å². The maximum atomic E-state index is 13.4. The van der Waals surface area contributed by atoms with E-state index in [1.54, 1.807) is 31.4 Å². The van der Waals surface area contributed by atoms with E-state index in [0.29, 0.717) is 39.9 Å². The van der Waals surface area contributed by atoms with Gasteiger partial charge in [-0.15, -0.1) is 0 Å². The highest BCUT2D eigenvalue weighted by atomic mass is 32.1. The van der Waals surface area contributed by atoms with Crippen molar-refractivity contribution in [2.45, 2.75) is 19.9 Å². The number of thiazole rings is 1. The van der Waals surface area contributed by atoms with Crippen LogP contribution < -0.4 is 14.4 Å². The van der Waals surface area contributed by atoms with Crippen molar-refractivity contribution in [2.75, 3.05) is 18.6 Å². The number of aryl methyl sites for hydroxylation is 1. The number of aliphatic hydroxyl groups excluding tert-OH is 1.